The van der Waals surface area contributed by atoms with Gasteiger partial charge in [-0.05, 0) is 39.9 Å². The number of benzene rings is 3. The summed E-state index contributed by atoms with van der Waals surface area (Å²) in [5.41, 5.74) is 4.33. The molecule has 0 saturated heterocycles. The van der Waals surface area contributed by atoms with Crippen molar-refractivity contribution in [2.45, 2.75) is 18.1 Å². The molecule has 0 spiro atoms. The Morgan fingerprint density at radius 3 is 2.28 bits per heavy atom. The second-order valence-corrected chi connectivity index (χ2v) is 7.62. The Kier molecular flexibility index (Phi) is 6.30. The van der Waals surface area contributed by atoms with Gasteiger partial charge in [0.1, 0.15) is 24.6 Å². The third kappa shape index (κ3) is 4.26. The van der Waals surface area contributed by atoms with E-state index in [1.807, 2.05) is 48.5 Å². The first-order chi connectivity index (χ1) is 15.5. The number of fused-ring (bicyclic) bond motifs is 3. The first-order valence-corrected chi connectivity index (χ1v) is 10.2. The van der Waals surface area contributed by atoms with Gasteiger partial charge in [-0.25, -0.2) is 9.18 Å². The van der Waals surface area contributed by atoms with Crippen LogP contribution in [0.5, 0.6) is 0 Å². The van der Waals surface area contributed by atoms with Crippen LogP contribution in [-0.2, 0) is 4.74 Å². The lowest BCUT2D eigenvalue weighted by Gasteiger charge is -2.19. The first-order valence-electron chi connectivity index (χ1n) is 10.2. The van der Waals surface area contributed by atoms with Crippen molar-refractivity contribution in [2.75, 3.05) is 13.2 Å². The van der Waals surface area contributed by atoms with Gasteiger partial charge in [0.2, 0.25) is 0 Å². The van der Waals surface area contributed by atoms with Gasteiger partial charge in [0, 0.05) is 12.5 Å². The molecule has 0 saturated carbocycles. The highest BCUT2D eigenvalue weighted by Crippen LogP contribution is 2.44. The second-order valence-electron chi connectivity index (χ2n) is 7.62. The number of aliphatic hydroxyl groups is 2. The minimum Gasteiger partial charge on any atom is -0.449 e. The fourth-order valence-electron chi connectivity index (χ4n) is 4.01. The molecule has 6 nitrogen and oxygen atoms in total. The molecule has 1 aliphatic carbocycles. The molecule has 0 bridgehead atoms. The van der Waals surface area contributed by atoms with E-state index in [0.29, 0.717) is 6.29 Å². The van der Waals surface area contributed by atoms with Crippen molar-refractivity contribution in [3.63, 3.8) is 0 Å². The van der Waals surface area contributed by atoms with Crippen LogP contribution in [0.3, 0.4) is 0 Å². The molecule has 0 aromatic heterocycles. The molecule has 0 radical (unpaired) electrons. The van der Waals surface area contributed by atoms with E-state index in [1.165, 1.54) is 6.07 Å². The number of ether oxygens (including phenoxy) is 1. The molecule has 0 heterocycles. The number of alkyl carbamates (subject to hydrolysis) is 1. The van der Waals surface area contributed by atoms with Crippen molar-refractivity contribution < 1.29 is 28.9 Å². The molecule has 2 atom stereocenters. The number of hydrogen-bond donors (Lipinski definition) is 3. The molecule has 4 rings (SSSR count). The summed E-state index contributed by atoms with van der Waals surface area (Å²) in [7, 11) is 0. The van der Waals surface area contributed by atoms with Gasteiger partial charge in [-0.2, -0.15) is 0 Å². The van der Waals surface area contributed by atoms with E-state index in [-0.39, 0.29) is 30.2 Å². The van der Waals surface area contributed by atoms with Gasteiger partial charge in [-0.15, -0.1) is 0 Å². The average molecular weight is 435 g/mol. The minimum atomic E-state index is -1.41. The zero-order valence-electron chi connectivity index (χ0n) is 17.1. The quantitative estimate of drug-likeness (QED) is 0.493. The molecule has 7 heteroatoms. The van der Waals surface area contributed by atoms with Crippen LogP contribution in [0.4, 0.5) is 9.18 Å². The normalized spacial score (nSPS) is 14.2. The number of aldehydes is 1. The monoisotopic (exact) mass is 435 g/mol. The molecule has 3 aromatic rings. The van der Waals surface area contributed by atoms with Gasteiger partial charge in [0.25, 0.3) is 0 Å². The van der Waals surface area contributed by atoms with E-state index in [9.17, 15) is 24.2 Å². The van der Waals surface area contributed by atoms with Crippen LogP contribution < -0.4 is 5.32 Å². The molecule has 1 amide bonds. The van der Waals surface area contributed by atoms with Crippen LogP contribution in [0.25, 0.3) is 11.1 Å². The molecule has 3 aromatic carbocycles. The molecular formula is C25H22FNO5. The van der Waals surface area contributed by atoms with Crippen molar-refractivity contribution >= 4 is 12.4 Å². The summed E-state index contributed by atoms with van der Waals surface area (Å²) >= 11 is 0. The number of halogens is 1. The van der Waals surface area contributed by atoms with Gasteiger partial charge in [0.05, 0.1) is 5.56 Å². The average Bonchev–Trinajstić information content (AvgIpc) is 3.14. The summed E-state index contributed by atoms with van der Waals surface area (Å²) in [5, 5.41) is 22.9. The molecule has 32 heavy (non-hydrogen) atoms. The summed E-state index contributed by atoms with van der Waals surface area (Å²) in [6, 6.07) is 19.4. The van der Waals surface area contributed by atoms with Gasteiger partial charge in [-0.1, -0.05) is 54.6 Å². The summed E-state index contributed by atoms with van der Waals surface area (Å²) in [4.78, 5) is 23.1. The molecule has 0 fully saturated rings. The van der Waals surface area contributed by atoms with Gasteiger partial charge in [0.15, 0.2) is 6.29 Å². The zero-order valence-corrected chi connectivity index (χ0v) is 17.1. The van der Waals surface area contributed by atoms with Crippen LogP contribution in [0, 0.1) is 5.82 Å². The van der Waals surface area contributed by atoms with E-state index in [4.69, 9.17) is 4.74 Å². The maximum Gasteiger partial charge on any atom is 0.407 e. The van der Waals surface area contributed by atoms with Gasteiger partial charge < -0.3 is 20.3 Å². The van der Waals surface area contributed by atoms with Crippen LogP contribution >= 0.6 is 0 Å². The number of carbonyl (C=O) groups excluding carboxylic acids is 2. The van der Waals surface area contributed by atoms with Crippen molar-refractivity contribution in [3.8, 4) is 11.1 Å². The van der Waals surface area contributed by atoms with Crippen LogP contribution in [0.1, 0.15) is 39.1 Å². The predicted molar refractivity (Wildman–Crippen MR) is 116 cm³/mol. The Hall–Kier alpha value is -3.55. The number of hydrogen-bond acceptors (Lipinski definition) is 5. The highest BCUT2D eigenvalue weighted by molar-refractivity contribution is 5.79. The van der Waals surface area contributed by atoms with Gasteiger partial charge >= 0.3 is 6.09 Å². The smallest absolute Gasteiger partial charge is 0.407 e. The van der Waals surface area contributed by atoms with Crippen molar-refractivity contribution in [3.05, 3.63) is 94.8 Å². The van der Waals surface area contributed by atoms with Crippen LogP contribution in [-0.4, -0.2) is 41.8 Å². The lowest BCUT2D eigenvalue weighted by Crippen LogP contribution is -2.36. The number of aliphatic hydroxyl groups excluding tert-OH is 2. The summed E-state index contributed by atoms with van der Waals surface area (Å²) in [6.07, 6.45) is -3.19. The topological polar surface area (TPSA) is 95.9 Å². The first kappa shape index (κ1) is 21.7. The van der Waals surface area contributed by atoms with E-state index >= 15 is 0 Å². The van der Waals surface area contributed by atoms with E-state index < -0.39 is 24.1 Å². The summed E-state index contributed by atoms with van der Waals surface area (Å²) < 4.78 is 18.8. The third-order valence-electron chi connectivity index (χ3n) is 5.65. The molecule has 2 unspecified atom stereocenters. The van der Waals surface area contributed by atoms with E-state index in [1.54, 1.807) is 0 Å². The fourth-order valence-corrected chi connectivity index (χ4v) is 4.01. The Morgan fingerprint density at radius 1 is 1.03 bits per heavy atom. The summed E-state index contributed by atoms with van der Waals surface area (Å²) in [5.74, 6) is -0.813. The number of nitrogens with one attached hydrogen (secondary N) is 1. The second kappa shape index (κ2) is 9.30. The maximum absolute atomic E-state index is 13.4. The third-order valence-corrected chi connectivity index (χ3v) is 5.65. The summed E-state index contributed by atoms with van der Waals surface area (Å²) in [6.45, 7) is -0.162. The van der Waals surface area contributed by atoms with E-state index in [0.717, 1.165) is 34.4 Å². The minimum absolute atomic E-state index is 0.0929. The highest BCUT2D eigenvalue weighted by Gasteiger charge is 2.29. The number of carbonyl (C=O) groups is 2. The van der Waals surface area contributed by atoms with E-state index in [2.05, 4.69) is 5.32 Å². The van der Waals surface area contributed by atoms with Gasteiger partial charge in [-0.3, -0.25) is 4.79 Å². The van der Waals surface area contributed by atoms with Crippen molar-refractivity contribution in [1.82, 2.24) is 5.32 Å². The van der Waals surface area contributed by atoms with Crippen molar-refractivity contribution in [2.24, 2.45) is 0 Å². The fraction of sp³-hybridized carbons (Fsp3) is 0.200. The lowest BCUT2D eigenvalue weighted by atomic mass is 9.98. The number of rotatable bonds is 7. The Balaban J connectivity index is 1.34. The molecule has 0 aliphatic heterocycles. The molecule has 1 aliphatic rings. The predicted octanol–water partition coefficient (Wildman–Crippen LogP) is 3.57. The lowest BCUT2D eigenvalue weighted by molar-refractivity contribution is 0.0185. The Bertz CT molecular complexity index is 1100. The number of amides is 1. The van der Waals surface area contributed by atoms with Crippen LogP contribution in [0.2, 0.25) is 0 Å². The van der Waals surface area contributed by atoms with Crippen molar-refractivity contribution in [1.29, 1.82) is 0 Å². The molecular weight excluding hydrogens is 413 g/mol. The largest absolute Gasteiger partial charge is 0.449 e. The highest BCUT2D eigenvalue weighted by atomic mass is 19.1. The molecule has 164 valence electrons. The Morgan fingerprint density at radius 2 is 1.66 bits per heavy atom. The standard InChI is InChI=1S/C25H22FNO5/c26-22-10-9-15(11-16(22)13-28)24(30)23(29)12-27-25(31)32-14-21-19-7-3-1-5-17(19)18-6-2-4-8-20(18)21/h1-11,13,21,23-24,29-30H,12,14H2,(H,27,31). The van der Waals surface area contributed by atoms with Crippen LogP contribution in [0.15, 0.2) is 66.7 Å². The Labute approximate surface area is 184 Å². The SMILES string of the molecule is O=Cc1cc(C(O)C(O)CNC(=O)OCC2c3ccccc3-c3ccccc32)ccc1F. The molecule has 3 N–H and O–H groups in total. The zero-order chi connectivity index (χ0) is 22.7. The maximum atomic E-state index is 13.4.